The molecule has 0 unspecified atom stereocenters. The summed E-state index contributed by atoms with van der Waals surface area (Å²) in [5, 5.41) is 2.19. The minimum absolute atomic E-state index is 0.0963. The SMILES string of the molecule is CCCOC(=O)c1cc(NC(=O)CN2C(=O)S/C(=C/c3ccc(OCc4ccc(C)cc4)c(OC)c3)C2=O)ccc1Cl. The number of carbonyl (C=O) groups excluding carboxylic acids is 4. The van der Waals surface area contributed by atoms with Gasteiger partial charge < -0.3 is 19.5 Å². The third kappa shape index (κ3) is 7.71. The second-order valence-corrected chi connectivity index (χ2v) is 10.7. The molecule has 11 heteroatoms. The van der Waals surface area contributed by atoms with Crippen molar-refractivity contribution in [1.29, 1.82) is 0 Å². The van der Waals surface area contributed by atoms with Gasteiger partial charge in [-0.2, -0.15) is 0 Å². The second kappa shape index (κ2) is 14.1. The van der Waals surface area contributed by atoms with Crippen LogP contribution in [0.15, 0.2) is 65.6 Å². The van der Waals surface area contributed by atoms with Crippen LogP contribution < -0.4 is 14.8 Å². The van der Waals surface area contributed by atoms with Crippen molar-refractivity contribution in [2.45, 2.75) is 26.9 Å². The lowest BCUT2D eigenvalue weighted by Crippen LogP contribution is -2.36. The van der Waals surface area contributed by atoms with Crippen molar-refractivity contribution in [1.82, 2.24) is 4.90 Å². The van der Waals surface area contributed by atoms with E-state index < -0.39 is 29.6 Å². The number of thioether (sulfide) groups is 1. The first-order valence-corrected chi connectivity index (χ1v) is 14.3. The number of benzene rings is 3. The molecule has 1 N–H and O–H groups in total. The topological polar surface area (TPSA) is 111 Å². The largest absolute Gasteiger partial charge is 0.493 e. The molecule has 0 radical (unpaired) electrons. The zero-order chi connectivity index (χ0) is 30.2. The molecule has 0 aromatic heterocycles. The predicted octanol–water partition coefficient (Wildman–Crippen LogP) is 6.48. The summed E-state index contributed by atoms with van der Waals surface area (Å²) in [6.07, 6.45) is 2.20. The Morgan fingerprint density at radius 3 is 2.50 bits per heavy atom. The molecule has 0 bridgehead atoms. The monoisotopic (exact) mass is 608 g/mol. The van der Waals surface area contributed by atoms with Crippen molar-refractivity contribution in [3.05, 3.63) is 92.8 Å². The van der Waals surface area contributed by atoms with E-state index in [0.29, 0.717) is 30.1 Å². The van der Waals surface area contributed by atoms with E-state index in [1.165, 1.54) is 25.3 Å². The zero-order valence-corrected chi connectivity index (χ0v) is 24.8. The van der Waals surface area contributed by atoms with Gasteiger partial charge >= 0.3 is 5.97 Å². The van der Waals surface area contributed by atoms with Gasteiger partial charge in [-0.1, -0.05) is 54.4 Å². The maximum absolute atomic E-state index is 13.0. The molecular weight excluding hydrogens is 580 g/mol. The molecule has 42 heavy (non-hydrogen) atoms. The summed E-state index contributed by atoms with van der Waals surface area (Å²) in [6, 6.07) is 17.5. The number of hydrogen-bond acceptors (Lipinski definition) is 8. The highest BCUT2D eigenvalue weighted by Gasteiger charge is 2.36. The highest BCUT2D eigenvalue weighted by atomic mass is 35.5. The number of carbonyl (C=O) groups is 4. The number of aryl methyl sites for hydroxylation is 1. The van der Waals surface area contributed by atoms with Crippen LogP contribution in [-0.2, 0) is 20.9 Å². The van der Waals surface area contributed by atoms with Crippen LogP contribution >= 0.6 is 23.4 Å². The van der Waals surface area contributed by atoms with Gasteiger partial charge in [0.05, 0.1) is 29.2 Å². The first kappa shape index (κ1) is 30.7. The van der Waals surface area contributed by atoms with E-state index in [4.69, 9.17) is 25.8 Å². The third-order valence-electron chi connectivity index (χ3n) is 6.08. The Labute approximate surface area is 252 Å². The summed E-state index contributed by atoms with van der Waals surface area (Å²) in [4.78, 5) is 51.6. The Balaban J connectivity index is 1.40. The number of rotatable bonds is 11. The summed E-state index contributed by atoms with van der Waals surface area (Å²) in [7, 11) is 1.52. The van der Waals surface area contributed by atoms with Crippen molar-refractivity contribution in [2.75, 3.05) is 25.6 Å². The lowest BCUT2D eigenvalue weighted by Gasteiger charge is -2.13. The molecule has 3 aromatic carbocycles. The van der Waals surface area contributed by atoms with E-state index >= 15 is 0 Å². The minimum Gasteiger partial charge on any atom is -0.493 e. The predicted molar refractivity (Wildman–Crippen MR) is 162 cm³/mol. The van der Waals surface area contributed by atoms with Gasteiger partial charge in [0.15, 0.2) is 11.5 Å². The lowest BCUT2D eigenvalue weighted by molar-refractivity contribution is -0.127. The highest BCUT2D eigenvalue weighted by Crippen LogP contribution is 2.35. The molecule has 218 valence electrons. The van der Waals surface area contributed by atoms with Crippen molar-refractivity contribution in [2.24, 2.45) is 0 Å². The van der Waals surface area contributed by atoms with Crippen LogP contribution in [-0.4, -0.2) is 48.2 Å². The quantitative estimate of drug-likeness (QED) is 0.195. The van der Waals surface area contributed by atoms with Gasteiger partial charge in [-0.05, 0) is 72.6 Å². The number of anilines is 1. The molecule has 4 rings (SSSR count). The fourth-order valence-corrected chi connectivity index (χ4v) is 4.94. The molecule has 0 saturated carbocycles. The maximum atomic E-state index is 13.0. The van der Waals surface area contributed by atoms with E-state index in [1.807, 2.05) is 38.1 Å². The summed E-state index contributed by atoms with van der Waals surface area (Å²) in [6.45, 7) is 3.97. The number of amides is 3. The fourth-order valence-electron chi connectivity index (χ4n) is 3.90. The van der Waals surface area contributed by atoms with Crippen LogP contribution in [0.3, 0.4) is 0 Å². The molecule has 1 aliphatic heterocycles. The van der Waals surface area contributed by atoms with E-state index in [1.54, 1.807) is 24.3 Å². The molecule has 1 aliphatic rings. The normalized spacial score (nSPS) is 13.8. The van der Waals surface area contributed by atoms with Crippen LogP contribution in [0, 0.1) is 6.92 Å². The lowest BCUT2D eigenvalue weighted by atomic mass is 10.1. The third-order valence-corrected chi connectivity index (χ3v) is 7.32. The standard InChI is InChI=1S/C31H29ClN2O7S/c1-4-13-40-30(37)23-16-22(10-11-24(23)32)33-28(35)17-34-29(36)27(42-31(34)38)15-21-9-12-25(26(14-21)39-3)41-18-20-7-5-19(2)6-8-20/h5-12,14-16H,4,13,17-18H2,1-3H3,(H,33,35)/b27-15+. The molecule has 1 saturated heterocycles. The van der Waals surface area contributed by atoms with E-state index in [0.717, 1.165) is 27.8 Å². The van der Waals surface area contributed by atoms with Gasteiger partial charge in [0.2, 0.25) is 5.91 Å². The van der Waals surface area contributed by atoms with E-state index in [-0.39, 0.29) is 27.8 Å². The summed E-state index contributed by atoms with van der Waals surface area (Å²) in [5.74, 6) is -0.833. The highest BCUT2D eigenvalue weighted by molar-refractivity contribution is 8.18. The van der Waals surface area contributed by atoms with Gasteiger partial charge in [-0.25, -0.2) is 4.79 Å². The van der Waals surface area contributed by atoms with Gasteiger partial charge in [0, 0.05) is 5.69 Å². The van der Waals surface area contributed by atoms with Crippen molar-refractivity contribution < 1.29 is 33.4 Å². The molecule has 1 fully saturated rings. The van der Waals surface area contributed by atoms with Crippen molar-refractivity contribution >= 4 is 58.1 Å². The average Bonchev–Trinajstić information content (AvgIpc) is 3.23. The van der Waals surface area contributed by atoms with Crippen molar-refractivity contribution in [3.8, 4) is 11.5 Å². The first-order chi connectivity index (χ1) is 20.2. The fraction of sp³-hybridized carbons (Fsp3) is 0.226. The average molecular weight is 609 g/mol. The van der Waals surface area contributed by atoms with Crippen LogP contribution in [0.5, 0.6) is 11.5 Å². The van der Waals surface area contributed by atoms with Gasteiger partial charge in [-0.3, -0.25) is 19.3 Å². The summed E-state index contributed by atoms with van der Waals surface area (Å²) in [5.41, 5.74) is 3.15. The van der Waals surface area contributed by atoms with Gasteiger partial charge in [0.25, 0.3) is 11.1 Å². The molecule has 3 aromatic rings. The van der Waals surface area contributed by atoms with Crippen LogP contribution in [0.4, 0.5) is 10.5 Å². The maximum Gasteiger partial charge on any atom is 0.339 e. The number of imide groups is 1. The molecular formula is C31H29ClN2O7S. The Bertz CT molecular complexity index is 1540. The number of nitrogens with one attached hydrogen (secondary N) is 1. The Morgan fingerprint density at radius 2 is 1.79 bits per heavy atom. The number of methoxy groups -OCH3 is 1. The first-order valence-electron chi connectivity index (χ1n) is 13.1. The number of halogens is 1. The van der Waals surface area contributed by atoms with Crippen LogP contribution in [0.1, 0.15) is 40.4 Å². The summed E-state index contributed by atoms with van der Waals surface area (Å²) < 4.78 is 16.5. The van der Waals surface area contributed by atoms with Gasteiger partial charge in [-0.15, -0.1) is 0 Å². The summed E-state index contributed by atoms with van der Waals surface area (Å²) >= 11 is 6.84. The molecule has 9 nitrogen and oxygen atoms in total. The number of esters is 1. The van der Waals surface area contributed by atoms with Crippen LogP contribution in [0.2, 0.25) is 5.02 Å². The molecule has 0 atom stereocenters. The molecule has 0 spiro atoms. The van der Waals surface area contributed by atoms with Crippen LogP contribution in [0.25, 0.3) is 6.08 Å². The number of ether oxygens (including phenoxy) is 3. The smallest absolute Gasteiger partial charge is 0.339 e. The van der Waals surface area contributed by atoms with E-state index in [9.17, 15) is 19.2 Å². The zero-order valence-electron chi connectivity index (χ0n) is 23.3. The minimum atomic E-state index is -0.620. The van der Waals surface area contributed by atoms with E-state index in [2.05, 4.69) is 5.32 Å². The van der Waals surface area contributed by atoms with Crippen molar-refractivity contribution in [3.63, 3.8) is 0 Å². The molecule has 0 aliphatic carbocycles. The Hall–Kier alpha value is -4.28. The number of hydrogen-bond donors (Lipinski definition) is 1. The molecule has 1 heterocycles. The number of nitrogens with zero attached hydrogens (tertiary/aromatic N) is 1. The Morgan fingerprint density at radius 1 is 1.02 bits per heavy atom. The molecule has 3 amide bonds. The second-order valence-electron chi connectivity index (χ2n) is 9.33. The van der Waals surface area contributed by atoms with Gasteiger partial charge in [0.1, 0.15) is 13.2 Å². The Kier molecular flexibility index (Phi) is 10.3.